The second-order valence-corrected chi connectivity index (χ2v) is 6.55. The standard InChI is InChI=1S/C13H18N2O5S/c1-19-13(16)10-3-2-4-12(7-10)21(17,18)15-5-6-20-11(8-14)9-15/h2-4,7,11H,5-6,8-9,14H2,1H3. The first-order valence-electron chi connectivity index (χ1n) is 6.49. The fourth-order valence-corrected chi connectivity index (χ4v) is 3.61. The van der Waals surface area contributed by atoms with E-state index in [9.17, 15) is 13.2 Å². The lowest BCUT2D eigenvalue weighted by atomic mass is 10.2. The summed E-state index contributed by atoms with van der Waals surface area (Å²) >= 11 is 0. The van der Waals surface area contributed by atoms with E-state index in [0.717, 1.165) is 0 Å². The van der Waals surface area contributed by atoms with Crippen LogP contribution in [0.5, 0.6) is 0 Å². The van der Waals surface area contributed by atoms with Crippen molar-refractivity contribution in [3.8, 4) is 0 Å². The van der Waals surface area contributed by atoms with Crippen molar-refractivity contribution in [2.45, 2.75) is 11.0 Å². The summed E-state index contributed by atoms with van der Waals surface area (Å²) in [6, 6.07) is 5.79. The van der Waals surface area contributed by atoms with Crippen molar-refractivity contribution in [3.63, 3.8) is 0 Å². The number of ether oxygens (including phenoxy) is 2. The molecule has 0 spiro atoms. The molecule has 1 aliphatic rings. The van der Waals surface area contributed by atoms with Crippen LogP contribution >= 0.6 is 0 Å². The smallest absolute Gasteiger partial charge is 0.337 e. The quantitative estimate of drug-likeness (QED) is 0.774. The molecule has 0 radical (unpaired) electrons. The second kappa shape index (κ2) is 6.52. The Morgan fingerprint density at radius 1 is 1.52 bits per heavy atom. The molecule has 1 saturated heterocycles. The van der Waals surface area contributed by atoms with E-state index in [1.54, 1.807) is 0 Å². The van der Waals surface area contributed by atoms with E-state index >= 15 is 0 Å². The van der Waals surface area contributed by atoms with E-state index in [1.807, 2.05) is 0 Å². The van der Waals surface area contributed by atoms with Gasteiger partial charge < -0.3 is 15.2 Å². The molecule has 1 aromatic rings. The average Bonchev–Trinajstić information content (AvgIpc) is 2.54. The first-order valence-corrected chi connectivity index (χ1v) is 7.93. The van der Waals surface area contributed by atoms with Crippen LogP contribution in [0.4, 0.5) is 0 Å². The van der Waals surface area contributed by atoms with Crippen LogP contribution in [0.3, 0.4) is 0 Å². The number of rotatable bonds is 4. The largest absolute Gasteiger partial charge is 0.465 e. The minimum absolute atomic E-state index is 0.0584. The highest BCUT2D eigenvalue weighted by Crippen LogP contribution is 2.20. The summed E-state index contributed by atoms with van der Waals surface area (Å²) in [7, 11) is -2.43. The Morgan fingerprint density at radius 3 is 2.95 bits per heavy atom. The number of hydrogen-bond acceptors (Lipinski definition) is 6. The Bertz CT molecular complexity index is 617. The molecule has 21 heavy (non-hydrogen) atoms. The number of esters is 1. The molecule has 1 aliphatic heterocycles. The number of carbonyl (C=O) groups excluding carboxylic acids is 1. The predicted molar refractivity (Wildman–Crippen MR) is 75.3 cm³/mol. The zero-order valence-corrected chi connectivity index (χ0v) is 12.5. The van der Waals surface area contributed by atoms with Gasteiger partial charge in [0.15, 0.2) is 0 Å². The van der Waals surface area contributed by atoms with Crippen molar-refractivity contribution in [3.05, 3.63) is 29.8 Å². The van der Waals surface area contributed by atoms with Gasteiger partial charge in [0.25, 0.3) is 0 Å². The van der Waals surface area contributed by atoms with Crippen LogP contribution in [0.15, 0.2) is 29.2 Å². The van der Waals surface area contributed by atoms with Gasteiger partial charge in [0.05, 0.1) is 30.3 Å². The number of nitrogens with zero attached hydrogens (tertiary/aromatic N) is 1. The first-order chi connectivity index (χ1) is 9.98. The number of benzene rings is 1. The van der Waals surface area contributed by atoms with Crippen molar-refractivity contribution in [2.24, 2.45) is 5.73 Å². The van der Waals surface area contributed by atoms with Crippen LogP contribution < -0.4 is 5.73 Å². The highest BCUT2D eigenvalue weighted by atomic mass is 32.2. The van der Waals surface area contributed by atoms with E-state index in [4.69, 9.17) is 10.5 Å². The van der Waals surface area contributed by atoms with Crippen LogP contribution in [0.2, 0.25) is 0 Å². The lowest BCUT2D eigenvalue weighted by Gasteiger charge is -2.31. The Balaban J connectivity index is 2.29. The predicted octanol–water partition coefficient (Wildman–Crippen LogP) is -0.179. The molecule has 1 fully saturated rings. The van der Waals surface area contributed by atoms with Gasteiger partial charge in [-0.1, -0.05) is 6.07 Å². The number of carbonyl (C=O) groups is 1. The number of nitrogens with two attached hydrogens (primary N) is 1. The maximum Gasteiger partial charge on any atom is 0.337 e. The summed E-state index contributed by atoms with van der Waals surface area (Å²) in [5.74, 6) is -0.575. The summed E-state index contributed by atoms with van der Waals surface area (Å²) in [5.41, 5.74) is 5.72. The molecule has 8 heteroatoms. The molecule has 1 unspecified atom stereocenters. The van der Waals surface area contributed by atoms with Gasteiger partial charge in [-0.2, -0.15) is 4.31 Å². The van der Waals surface area contributed by atoms with Crippen molar-refractivity contribution in [1.82, 2.24) is 4.31 Å². The van der Waals surface area contributed by atoms with Gasteiger partial charge >= 0.3 is 5.97 Å². The van der Waals surface area contributed by atoms with Crippen LogP contribution in [0, 0.1) is 0 Å². The Hall–Kier alpha value is -1.48. The molecule has 7 nitrogen and oxygen atoms in total. The Kier molecular flexibility index (Phi) is 4.94. The average molecular weight is 314 g/mol. The third-order valence-electron chi connectivity index (χ3n) is 3.26. The van der Waals surface area contributed by atoms with Gasteiger partial charge in [-0.3, -0.25) is 0 Å². The van der Waals surface area contributed by atoms with Crippen LogP contribution in [-0.2, 0) is 19.5 Å². The fraction of sp³-hybridized carbons (Fsp3) is 0.462. The number of hydrogen-bond donors (Lipinski definition) is 1. The molecule has 1 heterocycles. The molecular formula is C13H18N2O5S. The maximum atomic E-state index is 12.6. The third-order valence-corrected chi connectivity index (χ3v) is 5.12. The normalized spacial score (nSPS) is 20.2. The van der Waals surface area contributed by atoms with Gasteiger partial charge in [0.2, 0.25) is 10.0 Å². The second-order valence-electron chi connectivity index (χ2n) is 4.61. The zero-order valence-electron chi connectivity index (χ0n) is 11.7. The van der Waals surface area contributed by atoms with Gasteiger partial charge in [-0.05, 0) is 18.2 Å². The van der Waals surface area contributed by atoms with Crippen LogP contribution in [-0.4, -0.2) is 58.1 Å². The van der Waals surface area contributed by atoms with Crippen LogP contribution in [0.1, 0.15) is 10.4 Å². The Morgan fingerprint density at radius 2 is 2.29 bits per heavy atom. The molecule has 0 aromatic heterocycles. The van der Waals surface area contributed by atoms with Crippen molar-refractivity contribution in [2.75, 3.05) is 33.4 Å². The maximum absolute atomic E-state index is 12.6. The summed E-state index contributed by atoms with van der Waals surface area (Å²) in [6.45, 7) is 1.04. The molecule has 0 saturated carbocycles. The molecule has 2 N–H and O–H groups in total. The van der Waals surface area contributed by atoms with E-state index in [2.05, 4.69) is 4.74 Å². The first kappa shape index (κ1) is 15.9. The molecule has 2 rings (SSSR count). The van der Waals surface area contributed by atoms with Crippen molar-refractivity contribution in [1.29, 1.82) is 0 Å². The monoisotopic (exact) mass is 314 g/mol. The molecule has 116 valence electrons. The molecule has 0 aliphatic carbocycles. The number of sulfonamides is 1. The molecule has 1 aromatic carbocycles. The SMILES string of the molecule is COC(=O)c1cccc(S(=O)(=O)N2CCOC(CN)C2)c1. The summed E-state index contributed by atoms with van der Waals surface area (Å²) in [6.07, 6.45) is -0.308. The van der Waals surface area contributed by atoms with E-state index in [0.29, 0.717) is 6.61 Å². The van der Waals surface area contributed by atoms with Crippen LogP contribution in [0.25, 0.3) is 0 Å². The lowest BCUT2D eigenvalue weighted by molar-refractivity contribution is 0.00450. The molecule has 0 bridgehead atoms. The highest BCUT2D eigenvalue weighted by molar-refractivity contribution is 7.89. The van der Waals surface area contributed by atoms with Gasteiger partial charge in [-0.25, -0.2) is 13.2 Å². The van der Waals surface area contributed by atoms with E-state index in [-0.39, 0.29) is 36.2 Å². The molecular weight excluding hydrogens is 296 g/mol. The van der Waals surface area contributed by atoms with Crippen molar-refractivity contribution < 1.29 is 22.7 Å². The van der Waals surface area contributed by atoms with E-state index in [1.165, 1.54) is 35.7 Å². The summed E-state index contributed by atoms with van der Waals surface area (Å²) in [4.78, 5) is 11.6. The lowest BCUT2D eigenvalue weighted by Crippen LogP contribution is -2.48. The van der Waals surface area contributed by atoms with E-state index < -0.39 is 16.0 Å². The van der Waals surface area contributed by atoms with Gasteiger partial charge in [0.1, 0.15) is 0 Å². The van der Waals surface area contributed by atoms with Gasteiger partial charge in [0, 0.05) is 19.6 Å². The van der Waals surface area contributed by atoms with Crippen molar-refractivity contribution >= 4 is 16.0 Å². The molecule has 1 atom stereocenters. The topological polar surface area (TPSA) is 98.9 Å². The number of morpholine rings is 1. The summed E-state index contributed by atoms with van der Waals surface area (Å²) < 4.78 is 36.5. The Labute approximate surface area is 123 Å². The third kappa shape index (κ3) is 3.41. The minimum atomic E-state index is -3.68. The van der Waals surface area contributed by atoms with Gasteiger partial charge in [-0.15, -0.1) is 0 Å². The minimum Gasteiger partial charge on any atom is -0.465 e. The number of methoxy groups -OCH3 is 1. The zero-order chi connectivity index (χ0) is 15.5. The summed E-state index contributed by atoms with van der Waals surface area (Å²) in [5, 5.41) is 0. The fourth-order valence-electron chi connectivity index (χ4n) is 2.10. The molecule has 0 amide bonds. The highest BCUT2D eigenvalue weighted by Gasteiger charge is 2.30.